The molecule has 0 radical (unpaired) electrons. The molecule has 0 spiro atoms. The minimum absolute atomic E-state index is 0.172. The van der Waals surface area contributed by atoms with Crippen molar-refractivity contribution in [1.29, 1.82) is 0 Å². The van der Waals surface area contributed by atoms with E-state index in [1.54, 1.807) is 0 Å². The van der Waals surface area contributed by atoms with E-state index >= 15 is 0 Å². The first kappa shape index (κ1) is 25.1. The second-order valence-electron chi connectivity index (χ2n) is 11.7. The molecule has 1 aliphatic heterocycles. The van der Waals surface area contributed by atoms with Gasteiger partial charge in [-0.3, -0.25) is 4.57 Å². The van der Waals surface area contributed by atoms with Crippen LogP contribution in [-0.4, -0.2) is 20.9 Å². The molecule has 5 heteroatoms. The molecule has 0 fully saturated rings. The Hall–Kier alpha value is -5.42. The SMILES string of the molecule is C1=CCC(C2=NC(n3c4ccccc4c4c5c(ccc43)c3c(n5-c4ccccc4)C=CCC3)=NC(c3ccccc3)N2)C=C1. The highest BCUT2D eigenvalue weighted by Gasteiger charge is 2.28. The van der Waals surface area contributed by atoms with Crippen LogP contribution < -0.4 is 5.32 Å². The molecule has 0 bridgehead atoms. The van der Waals surface area contributed by atoms with Crippen LogP contribution in [0.1, 0.15) is 35.8 Å². The Morgan fingerprint density at radius 3 is 2.39 bits per heavy atom. The lowest BCUT2D eigenvalue weighted by Crippen LogP contribution is -2.38. The fourth-order valence-electron chi connectivity index (χ4n) is 7.16. The number of aryl methyl sites for hydroxylation is 1. The van der Waals surface area contributed by atoms with Gasteiger partial charge in [-0.15, -0.1) is 0 Å². The van der Waals surface area contributed by atoms with Gasteiger partial charge in [0.15, 0.2) is 0 Å². The summed E-state index contributed by atoms with van der Waals surface area (Å²) in [6.07, 6.45) is 16.1. The summed E-state index contributed by atoms with van der Waals surface area (Å²) in [4.78, 5) is 10.6. The van der Waals surface area contributed by atoms with E-state index in [0.29, 0.717) is 5.96 Å². The van der Waals surface area contributed by atoms with Crippen molar-refractivity contribution in [1.82, 2.24) is 14.5 Å². The molecule has 6 aromatic rings. The molecule has 0 amide bonds. The predicted molar refractivity (Wildman–Crippen MR) is 183 cm³/mol. The van der Waals surface area contributed by atoms with Crippen LogP contribution in [0.2, 0.25) is 0 Å². The van der Waals surface area contributed by atoms with Gasteiger partial charge in [0.1, 0.15) is 12.0 Å². The fraction of sp³-hybridized carbons (Fsp3) is 0.128. The van der Waals surface area contributed by atoms with Crippen LogP contribution in [0.15, 0.2) is 137 Å². The van der Waals surface area contributed by atoms with Crippen molar-refractivity contribution in [3.05, 3.63) is 144 Å². The number of allylic oxidation sites excluding steroid dienone is 4. The van der Waals surface area contributed by atoms with Crippen molar-refractivity contribution >= 4 is 50.6 Å². The Balaban J connectivity index is 1.36. The summed E-state index contributed by atoms with van der Waals surface area (Å²) in [6, 6.07) is 34.6. The molecule has 2 aromatic heterocycles. The van der Waals surface area contributed by atoms with Crippen LogP contribution in [0, 0.1) is 5.92 Å². The van der Waals surface area contributed by atoms with E-state index in [1.807, 2.05) is 0 Å². The third-order valence-corrected chi connectivity index (χ3v) is 9.16. The third kappa shape index (κ3) is 3.86. The highest BCUT2D eigenvalue weighted by Crippen LogP contribution is 2.42. The summed E-state index contributed by atoms with van der Waals surface area (Å²) >= 11 is 0. The number of hydrogen-bond acceptors (Lipinski definition) is 3. The third-order valence-electron chi connectivity index (χ3n) is 9.16. The van der Waals surface area contributed by atoms with E-state index in [4.69, 9.17) is 9.98 Å². The van der Waals surface area contributed by atoms with Crippen LogP contribution in [-0.2, 0) is 6.42 Å². The van der Waals surface area contributed by atoms with Gasteiger partial charge in [0, 0.05) is 33.5 Å². The van der Waals surface area contributed by atoms with E-state index < -0.39 is 0 Å². The summed E-state index contributed by atoms with van der Waals surface area (Å²) in [6.45, 7) is 0. The van der Waals surface area contributed by atoms with E-state index in [-0.39, 0.29) is 12.1 Å². The quantitative estimate of drug-likeness (QED) is 0.228. The molecule has 44 heavy (non-hydrogen) atoms. The van der Waals surface area contributed by atoms with E-state index in [2.05, 4.69) is 148 Å². The molecule has 2 atom stereocenters. The zero-order valence-corrected chi connectivity index (χ0v) is 24.3. The van der Waals surface area contributed by atoms with Gasteiger partial charge in [0.25, 0.3) is 0 Å². The summed E-state index contributed by atoms with van der Waals surface area (Å²) in [7, 11) is 0. The highest BCUT2D eigenvalue weighted by molar-refractivity contribution is 6.24. The number of para-hydroxylation sites is 2. The molecule has 2 aliphatic carbocycles. The lowest BCUT2D eigenvalue weighted by atomic mass is 9.98. The zero-order chi connectivity index (χ0) is 29.0. The van der Waals surface area contributed by atoms with Gasteiger partial charge >= 0.3 is 0 Å². The highest BCUT2D eigenvalue weighted by atomic mass is 15.3. The van der Waals surface area contributed by atoms with Crippen LogP contribution in [0.3, 0.4) is 0 Å². The first-order chi connectivity index (χ1) is 21.8. The Labute approximate surface area is 255 Å². The standard InChI is InChI=1S/C39H31N5/c1-4-14-26(15-5-1)37-40-38(27-16-6-2-7-17-27)42-39(41-37)44-33-23-13-11-21-31(33)35-34(44)25-24-30-29-20-10-12-22-32(29)43(36(30)35)28-18-8-3-9-19-28/h1-9,11-16,18-19,21-25,27,37H,10,17,20H2,(H,40,41,42). The fourth-order valence-corrected chi connectivity index (χ4v) is 7.16. The number of aliphatic imine (C=N–C) groups is 2. The number of nitrogens with zero attached hydrogens (tertiary/aromatic N) is 4. The van der Waals surface area contributed by atoms with Crippen LogP contribution >= 0.6 is 0 Å². The first-order valence-electron chi connectivity index (χ1n) is 15.5. The molecule has 5 nitrogen and oxygen atoms in total. The van der Waals surface area contributed by atoms with Gasteiger partial charge in [-0.05, 0) is 60.7 Å². The number of fused-ring (bicyclic) bond motifs is 7. The average Bonchev–Trinajstić information content (AvgIpc) is 3.62. The van der Waals surface area contributed by atoms with Crippen molar-refractivity contribution < 1.29 is 0 Å². The van der Waals surface area contributed by atoms with E-state index in [0.717, 1.165) is 41.7 Å². The van der Waals surface area contributed by atoms with Crippen molar-refractivity contribution in [3.63, 3.8) is 0 Å². The number of benzene rings is 4. The normalized spacial score (nSPS) is 19.3. The van der Waals surface area contributed by atoms with Gasteiger partial charge in [0.2, 0.25) is 5.96 Å². The smallest absolute Gasteiger partial charge is 0.234 e. The van der Waals surface area contributed by atoms with Gasteiger partial charge in [0.05, 0.1) is 16.6 Å². The van der Waals surface area contributed by atoms with Crippen LogP contribution in [0.5, 0.6) is 0 Å². The first-order valence-corrected chi connectivity index (χ1v) is 15.5. The maximum atomic E-state index is 5.29. The summed E-state index contributed by atoms with van der Waals surface area (Å²) in [5.74, 6) is 1.83. The maximum Gasteiger partial charge on any atom is 0.234 e. The Morgan fingerprint density at radius 2 is 1.55 bits per heavy atom. The minimum Gasteiger partial charge on any atom is -0.348 e. The molecule has 4 aromatic carbocycles. The molecule has 212 valence electrons. The number of hydrogen-bond donors (Lipinski definition) is 1. The molecule has 2 unspecified atom stereocenters. The lowest BCUT2D eigenvalue weighted by Gasteiger charge is -2.27. The molecule has 3 heterocycles. The molecular weight excluding hydrogens is 538 g/mol. The molecule has 1 N–H and O–H groups in total. The van der Waals surface area contributed by atoms with Crippen LogP contribution in [0.25, 0.3) is 44.5 Å². The van der Waals surface area contributed by atoms with Crippen molar-refractivity contribution in [2.45, 2.75) is 25.4 Å². The molecule has 3 aliphatic rings. The zero-order valence-electron chi connectivity index (χ0n) is 24.3. The Kier molecular flexibility index (Phi) is 5.76. The number of amidine groups is 1. The van der Waals surface area contributed by atoms with E-state index in [1.165, 1.54) is 38.6 Å². The van der Waals surface area contributed by atoms with Crippen LogP contribution in [0.4, 0.5) is 0 Å². The van der Waals surface area contributed by atoms with Gasteiger partial charge in [-0.25, -0.2) is 4.99 Å². The molecule has 0 saturated heterocycles. The van der Waals surface area contributed by atoms with Gasteiger partial charge < -0.3 is 9.88 Å². The number of rotatable bonds is 3. The van der Waals surface area contributed by atoms with Crippen molar-refractivity contribution in [2.24, 2.45) is 15.9 Å². The van der Waals surface area contributed by atoms with Gasteiger partial charge in [-0.1, -0.05) is 103 Å². The monoisotopic (exact) mass is 569 g/mol. The summed E-state index contributed by atoms with van der Waals surface area (Å²) in [5, 5.41) is 7.44. The average molecular weight is 570 g/mol. The largest absolute Gasteiger partial charge is 0.348 e. The number of aromatic nitrogens is 2. The second kappa shape index (κ2) is 10.1. The second-order valence-corrected chi connectivity index (χ2v) is 11.7. The Morgan fingerprint density at radius 1 is 0.727 bits per heavy atom. The summed E-state index contributed by atoms with van der Waals surface area (Å²) < 4.78 is 4.74. The maximum absolute atomic E-state index is 5.29. The lowest BCUT2D eigenvalue weighted by molar-refractivity contribution is 0.638. The van der Waals surface area contributed by atoms with Gasteiger partial charge in [-0.2, -0.15) is 4.99 Å². The summed E-state index contributed by atoms with van der Waals surface area (Å²) in [5.41, 5.74) is 8.47. The Bertz CT molecular complexity index is 2220. The molecule has 0 saturated carbocycles. The molecular formula is C39H31N5. The topological polar surface area (TPSA) is 46.6 Å². The number of nitrogens with one attached hydrogen (secondary N) is 1. The molecule has 9 rings (SSSR count). The van der Waals surface area contributed by atoms with E-state index in [9.17, 15) is 0 Å². The van der Waals surface area contributed by atoms with Crippen molar-refractivity contribution in [3.8, 4) is 5.69 Å². The minimum atomic E-state index is -0.233. The predicted octanol–water partition coefficient (Wildman–Crippen LogP) is 8.73. The van der Waals surface area contributed by atoms with Crippen molar-refractivity contribution in [2.75, 3.05) is 0 Å².